The molecule has 0 aliphatic heterocycles. The van der Waals surface area contributed by atoms with Gasteiger partial charge in [0.1, 0.15) is 0 Å². The van der Waals surface area contributed by atoms with Crippen LogP contribution in [0.15, 0.2) is 42.5 Å². The molecule has 1 heterocycles. The van der Waals surface area contributed by atoms with Gasteiger partial charge in [0.2, 0.25) is 0 Å². The summed E-state index contributed by atoms with van der Waals surface area (Å²) in [5, 5.41) is 3.61. The van der Waals surface area contributed by atoms with Gasteiger partial charge < -0.3 is 4.57 Å². The maximum atomic E-state index is 6.41. The molecule has 0 N–H and O–H groups in total. The van der Waals surface area contributed by atoms with Crippen molar-refractivity contribution in [3.05, 3.63) is 47.5 Å². The van der Waals surface area contributed by atoms with Gasteiger partial charge in [-0.25, -0.2) is 0 Å². The number of rotatable bonds is 1. The molecular weight excluding hydrogens is 314 g/mol. The van der Waals surface area contributed by atoms with Crippen molar-refractivity contribution in [1.82, 2.24) is 4.57 Å². The van der Waals surface area contributed by atoms with Crippen LogP contribution in [-0.2, 0) is 5.54 Å². The molecule has 2 heteroatoms. The van der Waals surface area contributed by atoms with Gasteiger partial charge in [0.15, 0.2) is 0 Å². The van der Waals surface area contributed by atoms with Crippen molar-refractivity contribution in [2.24, 2.45) is 17.8 Å². The molecule has 0 radical (unpaired) electrons. The van der Waals surface area contributed by atoms with E-state index in [0.29, 0.717) is 5.54 Å². The first kappa shape index (κ1) is 13.8. The average molecular weight is 336 g/mol. The molecule has 4 bridgehead atoms. The Morgan fingerprint density at radius 1 is 0.792 bits per heavy atom. The van der Waals surface area contributed by atoms with Crippen molar-refractivity contribution in [3.8, 4) is 0 Å². The Bertz CT molecular complexity index is 931. The van der Waals surface area contributed by atoms with Crippen molar-refractivity contribution in [2.75, 3.05) is 0 Å². The highest BCUT2D eigenvalue weighted by molar-refractivity contribution is 6.31. The summed E-state index contributed by atoms with van der Waals surface area (Å²) < 4.78 is 2.72. The Morgan fingerprint density at radius 3 is 2.12 bits per heavy atom. The highest BCUT2D eigenvalue weighted by Gasteiger charge is 2.52. The largest absolute Gasteiger partial charge is 0.334 e. The fraction of sp³-hybridized carbons (Fsp3) is 0.455. The van der Waals surface area contributed by atoms with E-state index in [2.05, 4.69) is 41.0 Å². The smallest absolute Gasteiger partial charge is 0.0511 e. The van der Waals surface area contributed by atoms with Gasteiger partial charge in [-0.15, -0.1) is 0 Å². The van der Waals surface area contributed by atoms with Gasteiger partial charge >= 0.3 is 0 Å². The van der Waals surface area contributed by atoms with Crippen molar-refractivity contribution in [3.63, 3.8) is 0 Å². The standard InChI is InChI=1S/C22H22ClN/c23-17-5-6-19-18-3-1-2-4-20(18)24(21(19)10-17)22-11-14-7-15(12-22)9-16(8-14)13-22/h1-6,10,14-16H,7-9,11-13H2. The van der Waals surface area contributed by atoms with Crippen LogP contribution in [0.4, 0.5) is 0 Å². The maximum absolute atomic E-state index is 6.41. The van der Waals surface area contributed by atoms with Gasteiger partial charge in [0.05, 0.1) is 5.52 Å². The zero-order valence-electron chi connectivity index (χ0n) is 13.8. The number of aromatic nitrogens is 1. The van der Waals surface area contributed by atoms with Crippen LogP contribution in [0.2, 0.25) is 5.02 Å². The molecule has 3 aromatic rings. The van der Waals surface area contributed by atoms with Gasteiger partial charge in [0.25, 0.3) is 0 Å². The zero-order valence-corrected chi connectivity index (χ0v) is 14.6. The SMILES string of the molecule is Clc1ccc2c3ccccc3n(C34CC5CC(CC(C5)C3)C4)c2c1. The third kappa shape index (κ3) is 1.72. The molecule has 122 valence electrons. The minimum Gasteiger partial charge on any atom is -0.334 e. The second-order valence-corrected chi connectivity index (χ2v) is 9.09. The van der Waals surface area contributed by atoms with Crippen LogP contribution < -0.4 is 0 Å². The molecule has 0 saturated heterocycles. The summed E-state index contributed by atoms with van der Waals surface area (Å²) >= 11 is 6.41. The molecule has 4 aliphatic rings. The van der Waals surface area contributed by atoms with Crippen LogP contribution in [-0.4, -0.2) is 4.57 Å². The molecule has 4 fully saturated rings. The third-order valence-corrected chi connectivity index (χ3v) is 7.35. The van der Waals surface area contributed by atoms with Gasteiger partial charge in [-0.1, -0.05) is 35.9 Å². The number of halogens is 1. The summed E-state index contributed by atoms with van der Waals surface area (Å²) in [7, 11) is 0. The first-order valence-electron chi connectivity index (χ1n) is 9.41. The lowest BCUT2D eigenvalue weighted by Crippen LogP contribution is -2.51. The molecule has 4 saturated carbocycles. The summed E-state index contributed by atoms with van der Waals surface area (Å²) in [4.78, 5) is 0. The Morgan fingerprint density at radius 2 is 1.42 bits per heavy atom. The average Bonchev–Trinajstić information content (AvgIpc) is 2.87. The van der Waals surface area contributed by atoms with E-state index >= 15 is 0 Å². The van der Waals surface area contributed by atoms with Crippen LogP contribution in [0.25, 0.3) is 21.8 Å². The Labute approximate surface area is 147 Å². The molecule has 1 nitrogen and oxygen atoms in total. The van der Waals surface area contributed by atoms with Gasteiger partial charge in [0, 0.05) is 26.9 Å². The summed E-state index contributed by atoms with van der Waals surface area (Å²) in [5.41, 5.74) is 3.10. The van der Waals surface area contributed by atoms with Crippen LogP contribution in [0, 0.1) is 17.8 Å². The van der Waals surface area contributed by atoms with Crippen molar-refractivity contribution in [1.29, 1.82) is 0 Å². The second-order valence-electron chi connectivity index (χ2n) is 8.66. The highest BCUT2D eigenvalue weighted by Crippen LogP contribution is 2.60. The fourth-order valence-electron chi connectivity index (χ4n) is 6.79. The number of benzene rings is 2. The first-order valence-corrected chi connectivity index (χ1v) is 9.79. The molecule has 4 aliphatic carbocycles. The molecule has 2 aromatic carbocycles. The number of hydrogen-bond donors (Lipinski definition) is 0. The number of hydrogen-bond acceptors (Lipinski definition) is 0. The monoisotopic (exact) mass is 335 g/mol. The quantitative estimate of drug-likeness (QED) is 0.486. The predicted octanol–water partition coefficient (Wildman–Crippen LogP) is 6.37. The molecule has 24 heavy (non-hydrogen) atoms. The van der Waals surface area contributed by atoms with E-state index in [1.807, 2.05) is 6.07 Å². The maximum Gasteiger partial charge on any atom is 0.0511 e. The highest BCUT2D eigenvalue weighted by atomic mass is 35.5. The summed E-state index contributed by atoms with van der Waals surface area (Å²) in [6.07, 6.45) is 8.57. The molecule has 0 amide bonds. The first-order chi connectivity index (χ1) is 11.7. The van der Waals surface area contributed by atoms with E-state index in [-0.39, 0.29) is 0 Å². The molecule has 1 aromatic heterocycles. The van der Waals surface area contributed by atoms with Gasteiger partial charge in [-0.2, -0.15) is 0 Å². The van der Waals surface area contributed by atoms with E-state index in [9.17, 15) is 0 Å². The molecule has 0 unspecified atom stereocenters. The Kier molecular flexibility index (Phi) is 2.63. The van der Waals surface area contributed by atoms with Crippen LogP contribution >= 0.6 is 11.6 Å². The normalized spacial score (nSPS) is 34.5. The third-order valence-electron chi connectivity index (χ3n) is 7.12. The Balaban J connectivity index is 1.70. The summed E-state index contributed by atoms with van der Waals surface area (Å²) in [6, 6.07) is 15.4. The Hall–Kier alpha value is -1.47. The van der Waals surface area contributed by atoms with Crippen molar-refractivity contribution < 1.29 is 0 Å². The minimum atomic E-state index is 0.334. The molecule has 0 atom stereocenters. The van der Waals surface area contributed by atoms with E-state index < -0.39 is 0 Å². The van der Waals surface area contributed by atoms with Crippen molar-refractivity contribution >= 4 is 33.4 Å². The lowest BCUT2D eigenvalue weighted by Gasteiger charge is -2.57. The topological polar surface area (TPSA) is 4.93 Å². The fourth-order valence-corrected chi connectivity index (χ4v) is 6.96. The van der Waals surface area contributed by atoms with E-state index in [4.69, 9.17) is 11.6 Å². The van der Waals surface area contributed by atoms with E-state index in [1.54, 1.807) is 0 Å². The lowest BCUT2D eigenvalue weighted by molar-refractivity contribution is -0.0387. The second kappa shape index (κ2) is 4.58. The predicted molar refractivity (Wildman–Crippen MR) is 101 cm³/mol. The lowest BCUT2D eigenvalue weighted by atomic mass is 9.53. The molecule has 0 spiro atoms. The van der Waals surface area contributed by atoms with E-state index in [1.165, 1.54) is 60.3 Å². The van der Waals surface area contributed by atoms with Crippen LogP contribution in [0.5, 0.6) is 0 Å². The number of para-hydroxylation sites is 1. The van der Waals surface area contributed by atoms with Crippen molar-refractivity contribution in [2.45, 2.75) is 44.1 Å². The molecular formula is C22H22ClN. The van der Waals surface area contributed by atoms with E-state index in [0.717, 1.165) is 22.8 Å². The van der Waals surface area contributed by atoms with Crippen LogP contribution in [0.3, 0.4) is 0 Å². The summed E-state index contributed by atoms with van der Waals surface area (Å²) in [6.45, 7) is 0. The van der Waals surface area contributed by atoms with Crippen LogP contribution in [0.1, 0.15) is 38.5 Å². The number of nitrogens with zero attached hydrogens (tertiary/aromatic N) is 1. The minimum absolute atomic E-state index is 0.334. The summed E-state index contributed by atoms with van der Waals surface area (Å²) in [5.74, 6) is 2.85. The molecule has 7 rings (SSSR count). The van der Waals surface area contributed by atoms with Gasteiger partial charge in [-0.05, 0) is 74.5 Å². The number of fused-ring (bicyclic) bond motifs is 3. The van der Waals surface area contributed by atoms with Gasteiger partial charge in [-0.3, -0.25) is 0 Å². The zero-order chi connectivity index (χ0) is 15.9.